The second-order valence-electron chi connectivity index (χ2n) is 5.17. The van der Waals surface area contributed by atoms with Gasteiger partial charge in [0.25, 0.3) is 0 Å². The lowest BCUT2D eigenvalue weighted by atomic mass is 9.94. The number of amides is 2. The first-order chi connectivity index (χ1) is 8.56. The van der Waals surface area contributed by atoms with Crippen LogP contribution in [0.4, 0.5) is 10.5 Å². The molecule has 1 aliphatic rings. The van der Waals surface area contributed by atoms with Crippen LogP contribution in [0, 0.1) is 12.8 Å². The number of hydrogen-bond acceptors (Lipinski definition) is 2. The first-order valence-electron chi connectivity index (χ1n) is 6.44. The number of likely N-dealkylation sites (tertiary alicyclic amines) is 1. The average Bonchev–Trinajstić information content (AvgIpc) is 2.35. The van der Waals surface area contributed by atoms with E-state index in [0.717, 1.165) is 18.7 Å². The van der Waals surface area contributed by atoms with E-state index in [4.69, 9.17) is 5.73 Å². The molecule has 1 aliphatic heterocycles. The molecular weight excluding hydrogens is 226 g/mol. The minimum Gasteiger partial charge on any atom is -0.326 e. The van der Waals surface area contributed by atoms with E-state index in [1.807, 2.05) is 31.2 Å². The molecule has 0 aromatic heterocycles. The van der Waals surface area contributed by atoms with Gasteiger partial charge in [-0.25, -0.2) is 4.79 Å². The van der Waals surface area contributed by atoms with Crippen LogP contribution in [-0.4, -0.2) is 30.1 Å². The highest BCUT2D eigenvalue weighted by Gasteiger charge is 2.26. The third kappa shape index (κ3) is 3.01. The Bertz CT molecular complexity index is 416. The van der Waals surface area contributed by atoms with E-state index >= 15 is 0 Å². The Morgan fingerprint density at radius 3 is 2.67 bits per heavy atom. The maximum atomic E-state index is 12.1. The molecule has 18 heavy (non-hydrogen) atoms. The molecule has 1 aromatic rings. The number of anilines is 1. The molecule has 0 saturated carbocycles. The van der Waals surface area contributed by atoms with Crippen LogP contribution in [0.2, 0.25) is 0 Å². The van der Waals surface area contributed by atoms with Gasteiger partial charge in [-0.1, -0.05) is 24.6 Å². The summed E-state index contributed by atoms with van der Waals surface area (Å²) >= 11 is 0. The highest BCUT2D eigenvalue weighted by molar-refractivity contribution is 5.89. The zero-order chi connectivity index (χ0) is 13.1. The van der Waals surface area contributed by atoms with Crippen LogP contribution in [-0.2, 0) is 0 Å². The molecule has 2 rings (SSSR count). The van der Waals surface area contributed by atoms with Crippen molar-refractivity contribution in [3.63, 3.8) is 0 Å². The number of carbonyl (C=O) groups is 1. The number of carbonyl (C=O) groups excluding carboxylic acids is 1. The van der Waals surface area contributed by atoms with E-state index in [1.54, 1.807) is 4.90 Å². The summed E-state index contributed by atoms with van der Waals surface area (Å²) in [6, 6.07) is 7.84. The topological polar surface area (TPSA) is 58.4 Å². The fourth-order valence-electron chi connectivity index (χ4n) is 2.12. The minimum atomic E-state index is -0.0544. The molecule has 4 nitrogen and oxygen atoms in total. The Balaban J connectivity index is 1.94. The van der Waals surface area contributed by atoms with E-state index < -0.39 is 0 Å². The number of hydrogen-bond donors (Lipinski definition) is 2. The van der Waals surface area contributed by atoms with Crippen molar-refractivity contribution in [3.8, 4) is 0 Å². The number of aryl methyl sites for hydroxylation is 1. The van der Waals surface area contributed by atoms with E-state index in [2.05, 4.69) is 12.2 Å². The molecule has 1 aromatic carbocycles. The smallest absolute Gasteiger partial charge is 0.321 e. The van der Waals surface area contributed by atoms with Gasteiger partial charge in [0.1, 0.15) is 0 Å². The predicted molar refractivity (Wildman–Crippen MR) is 73.5 cm³/mol. The quantitative estimate of drug-likeness (QED) is 0.799. The monoisotopic (exact) mass is 247 g/mol. The minimum absolute atomic E-state index is 0.0544. The highest BCUT2D eigenvalue weighted by atomic mass is 16.2. The molecule has 2 unspecified atom stereocenters. The number of nitrogens with one attached hydrogen (secondary N) is 1. The largest absolute Gasteiger partial charge is 0.326 e. The summed E-state index contributed by atoms with van der Waals surface area (Å²) < 4.78 is 0. The van der Waals surface area contributed by atoms with Gasteiger partial charge in [-0.2, -0.15) is 0 Å². The predicted octanol–water partition coefficient (Wildman–Crippen LogP) is 2.20. The van der Waals surface area contributed by atoms with Crippen molar-refractivity contribution in [2.45, 2.75) is 26.3 Å². The van der Waals surface area contributed by atoms with Gasteiger partial charge in [-0.15, -0.1) is 0 Å². The fourth-order valence-corrected chi connectivity index (χ4v) is 2.12. The Kier molecular flexibility index (Phi) is 3.87. The Morgan fingerprint density at radius 1 is 1.39 bits per heavy atom. The summed E-state index contributed by atoms with van der Waals surface area (Å²) in [5.41, 5.74) is 8.01. The van der Waals surface area contributed by atoms with Crippen LogP contribution < -0.4 is 11.1 Å². The van der Waals surface area contributed by atoms with Gasteiger partial charge >= 0.3 is 6.03 Å². The van der Waals surface area contributed by atoms with Crippen molar-refractivity contribution in [2.75, 3.05) is 18.4 Å². The summed E-state index contributed by atoms with van der Waals surface area (Å²) in [6.07, 6.45) is 0.975. The molecule has 0 bridgehead atoms. The Morgan fingerprint density at radius 2 is 2.06 bits per heavy atom. The molecule has 3 N–H and O–H groups in total. The molecule has 0 aliphatic carbocycles. The molecular formula is C14H21N3O. The Hall–Kier alpha value is -1.55. The van der Waals surface area contributed by atoms with Crippen molar-refractivity contribution in [1.82, 2.24) is 4.90 Å². The molecule has 0 radical (unpaired) electrons. The number of nitrogens with two attached hydrogens (primary N) is 1. The highest BCUT2D eigenvalue weighted by Crippen LogP contribution is 2.17. The second-order valence-corrected chi connectivity index (χ2v) is 5.17. The molecule has 4 heteroatoms. The zero-order valence-electron chi connectivity index (χ0n) is 11.0. The van der Waals surface area contributed by atoms with Crippen LogP contribution in [0.1, 0.15) is 18.9 Å². The van der Waals surface area contributed by atoms with Gasteiger partial charge in [0, 0.05) is 24.8 Å². The number of benzene rings is 1. The molecule has 0 spiro atoms. The lowest BCUT2D eigenvalue weighted by Crippen LogP contribution is -2.50. The van der Waals surface area contributed by atoms with E-state index in [-0.39, 0.29) is 12.1 Å². The van der Waals surface area contributed by atoms with Crippen molar-refractivity contribution >= 4 is 11.7 Å². The normalized spacial score (nSPS) is 23.8. The van der Waals surface area contributed by atoms with Gasteiger partial charge in [0.2, 0.25) is 0 Å². The SMILES string of the molecule is Cc1ccc(NC(=O)N2CCC(C)C(N)C2)cc1. The van der Waals surface area contributed by atoms with Crippen LogP contribution in [0.3, 0.4) is 0 Å². The second kappa shape index (κ2) is 5.40. The molecule has 2 amide bonds. The third-order valence-electron chi connectivity index (χ3n) is 3.61. The number of rotatable bonds is 1. The first-order valence-corrected chi connectivity index (χ1v) is 6.44. The Labute approximate surface area is 108 Å². The van der Waals surface area contributed by atoms with Crippen molar-refractivity contribution < 1.29 is 4.79 Å². The summed E-state index contributed by atoms with van der Waals surface area (Å²) in [6.45, 7) is 5.59. The average molecular weight is 247 g/mol. The fraction of sp³-hybridized carbons (Fsp3) is 0.500. The zero-order valence-corrected chi connectivity index (χ0v) is 11.0. The standard InChI is InChI=1S/C14H21N3O/c1-10-3-5-12(6-4-10)16-14(18)17-8-7-11(2)13(15)9-17/h3-6,11,13H,7-9,15H2,1-2H3,(H,16,18). The maximum absolute atomic E-state index is 12.1. The molecule has 1 heterocycles. The van der Waals surface area contributed by atoms with Gasteiger partial charge in [-0.3, -0.25) is 0 Å². The number of urea groups is 1. The van der Waals surface area contributed by atoms with Crippen LogP contribution >= 0.6 is 0 Å². The molecule has 98 valence electrons. The van der Waals surface area contributed by atoms with Gasteiger partial charge in [0.05, 0.1) is 0 Å². The molecule has 1 saturated heterocycles. The van der Waals surface area contributed by atoms with E-state index in [0.29, 0.717) is 12.5 Å². The maximum Gasteiger partial charge on any atom is 0.321 e. The van der Waals surface area contributed by atoms with E-state index in [1.165, 1.54) is 5.56 Å². The van der Waals surface area contributed by atoms with Crippen molar-refractivity contribution in [3.05, 3.63) is 29.8 Å². The van der Waals surface area contributed by atoms with Crippen LogP contribution in [0.25, 0.3) is 0 Å². The van der Waals surface area contributed by atoms with Crippen LogP contribution in [0.15, 0.2) is 24.3 Å². The number of nitrogens with zero attached hydrogens (tertiary/aromatic N) is 1. The summed E-state index contributed by atoms with van der Waals surface area (Å²) in [7, 11) is 0. The summed E-state index contributed by atoms with van der Waals surface area (Å²) in [5, 5.41) is 2.91. The van der Waals surface area contributed by atoms with Gasteiger partial charge in [0.15, 0.2) is 0 Å². The summed E-state index contributed by atoms with van der Waals surface area (Å²) in [5.74, 6) is 0.494. The summed E-state index contributed by atoms with van der Waals surface area (Å²) in [4.78, 5) is 13.9. The van der Waals surface area contributed by atoms with Crippen molar-refractivity contribution in [2.24, 2.45) is 11.7 Å². The van der Waals surface area contributed by atoms with Crippen LogP contribution in [0.5, 0.6) is 0 Å². The third-order valence-corrected chi connectivity index (χ3v) is 3.61. The molecule has 1 fully saturated rings. The van der Waals surface area contributed by atoms with Gasteiger partial charge in [-0.05, 0) is 31.4 Å². The first kappa shape index (κ1) is 12.9. The lowest BCUT2D eigenvalue weighted by Gasteiger charge is -2.34. The number of piperidine rings is 1. The lowest BCUT2D eigenvalue weighted by molar-refractivity contribution is 0.174. The molecule has 2 atom stereocenters. The van der Waals surface area contributed by atoms with E-state index in [9.17, 15) is 4.79 Å². The van der Waals surface area contributed by atoms with Crippen molar-refractivity contribution in [1.29, 1.82) is 0 Å². The van der Waals surface area contributed by atoms with Gasteiger partial charge < -0.3 is 16.0 Å².